The van der Waals surface area contributed by atoms with Gasteiger partial charge in [-0.3, -0.25) is 9.69 Å². The molecular formula is C21H21FN2O4S2. The van der Waals surface area contributed by atoms with Crippen LogP contribution in [-0.2, 0) is 25.1 Å². The van der Waals surface area contributed by atoms with Crippen molar-refractivity contribution >= 4 is 42.4 Å². The van der Waals surface area contributed by atoms with E-state index in [1.54, 1.807) is 42.5 Å². The van der Waals surface area contributed by atoms with E-state index in [2.05, 4.69) is 4.98 Å². The van der Waals surface area contributed by atoms with E-state index in [4.69, 9.17) is 4.74 Å². The van der Waals surface area contributed by atoms with Gasteiger partial charge in [0.25, 0.3) is 0 Å². The van der Waals surface area contributed by atoms with Crippen LogP contribution in [0.1, 0.15) is 18.4 Å². The molecule has 4 rings (SSSR count). The fraction of sp³-hybridized carbons (Fsp3) is 0.333. The van der Waals surface area contributed by atoms with Crippen molar-refractivity contribution in [2.75, 3.05) is 23.8 Å². The second-order valence-electron chi connectivity index (χ2n) is 7.24. The molecule has 1 amide bonds. The third kappa shape index (κ3) is 4.85. The average molecular weight is 449 g/mol. The Kier molecular flexibility index (Phi) is 6.12. The predicted molar refractivity (Wildman–Crippen MR) is 115 cm³/mol. The van der Waals surface area contributed by atoms with Crippen LogP contribution in [0.5, 0.6) is 0 Å². The van der Waals surface area contributed by atoms with Crippen LogP contribution in [-0.4, -0.2) is 44.3 Å². The first kappa shape index (κ1) is 20.9. The lowest BCUT2D eigenvalue weighted by atomic mass is 10.2. The topological polar surface area (TPSA) is 76.6 Å². The maximum absolute atomic E-state index is 14.1. The molecule has 3 aromatic rings. The molecule has 1 aliphatic rings. The molecule has 30 heavy (non-hydrogen) atoms. The van der Waals surface area contributed by atoms with Gasteiger partial charge in [-0.05, 0) is 30.5 Å². The Morgan fingerprint density at radius 1 is 1.20 bits per heavy atom. The van der Waals surface area contributed by atoms with Crippen molar-refractivity contribution in [2.45, 2.75) is 24.7 Å². The Labute approximate surface area is 178 Å². The number of hydrogen-bond acceptors (Lipinski definition) is 6. The number of amides is 1. The van der Waals surface area contributed by atoms with E-state index >= 15 is 0 Å². The summed E-state index contributed by atoms with van der Waals surface area (Å²) in [6.07, 6.45) is 1.47. The number of anilines is 1. The van der Waals surface area contributed by atoms with Gasteiger partial charge in [-0.1, -0.05) is 47.7 Å². The lowest BCUT2D eigenvalue weighted by Crippen LogP contribution is -2.41. The van der Waals surface area contributed by atoms with E-state index in [0.29, 0.717) is 16.9 Å². The highest BCUT2D eigenvalue weighted by Crippen LogP contribution is 2.31. The zero-order valence-electron chi connectivity index (χ0n) is 16.2. The summed E-state index contributed by atoms with van der Waals surface area (Å²) in [5.41, 5.74) is 0.799. The fourth-order valence-electron chi connectivity index (χ4n) is 3.44. The van der Waals surface area contributed by atoms with Crippen molar-refractivity contribution in [3.63, 3.8) is 0 Å². The average Bonchev–Trinajstić information content (AvgIpc) is 3.36. The number of para-hydroxylation sites is 1. The Hall–Kier alpha value is -2.36. The monoisotopic (exact) mass is 448 g/mol. The third-order valence-corrected chi connectivity index (χ3v) is 7.38. The highest BCUT2D eigenvalue weighted by Gasteiger charge is 2.29. The first-order valence-electron chi connectivity index (χ1n) is 9.63. The summed E-state index contributed by atoms with van der Waals surface area (Å²) in [6, 6.07) is 13.3. The molecule has 6 nitrogen and oxygen atoms in total. The first-order chi connectivity index (χ1) is 14.4. The lowest BCUT2D eigenvalue weighted by molar-refractivity contribution is -0.116. The zero-order valence-corrected chi connectivity index (χ0v) is 17.8. The van der Waals surface area contributed by atoms with Gasteiger partial charge in [0.15, 0.2) is 15.0 Å². The molecule has 2 heterocycles. The number of carbonyl (C=O) groups excluding carboxylic acids is 1. The molecule has 0 aliphatic carbocycles. The summed E-state index contributed by atoms with van der Waals surface area (Å²) in [6.45, 7) is 0.800. The van der Waals surface area contributed by atoms with Gasteiger partial charge >= 0.3 is 0 Å². The van der Waals surface area contributed by atoms with Crippen LogP contribution in [0.4, 0.5) is 9.52 Å². The van der Waals surface area contributed by atoms with Gasteiger partial charge in [0.1, 0.15) is 17.1 Å². The number of benzene rings is 2. The number of rotatable bonds is 7. The molecule has 0 radical (unpaired) electrons. The number of thiazole rings is 1. The van der Waals surface area contributed by atoms with Crippen molar-refractivity contribution in [1.82, 2.24) is 4.98 Å². The summed E-state index contributed by atoms with van der Waals surface area (Å²) in [4.78, 5) is 18.7. The molecule has 2 aromatic carbocycles. The number of nitrogens with zero attached hydrogens (tertiary/aromatic N) is 2. The molecule has 1 fully saturated rings. The van der Waals surface area contributed by atoms with Crippen LogP contribution in [0.15, 0.2) is 48.5 Å². The molecule has 1 aliphatic heterocycles. The van der Waals surface area contributed by atoms with Crippen molar-refractivity contribution in [1.29, 1.82) is 0 Å². The molecule has 0 spiro atoms. The number of aromatic nitrogens is 1. The van der Waals surface area contributed by atoms with Crippen LogP contribution in [0.2, 0.25) is 0 Å². The zero-order chi connectivity index (χ0) is 21.1. The van der Waals surface area contributed by atoms with Crippen LogP contribution < -0.4 is 4.90 Å². The van der Waals surface area contributed by atoms with E-state index in [1.807, 2.05) is 0 Å². The maximum atomic E-state index is 14.1. The molecule has 9 heteroatoms. The van der Waals surface area contributed by atoms with Crippen LogP contribution in [0.25, 0.3) is 10.2 Å². The quantitative estimate of drug-likeness (QED) is 0.552. The summed E-state index contributed by atoms with van der Waals surface area (Å²) < 4.78 is 45.6. The molecule has 1 atom stereocenters. The molecule has 1 aromatic heterocycles. The third-order valence-electron chi connectivity index (χ3n) is 4.87. The fourth-order valence-corrected chi connectivity index (χ4v) is 5.78. The van der Waals surface area contributed by atoms with Crippen molar-refractivity contribution < 1.29 is 22.3 Å². The van der Waals surface area contributed by atoms with Gasteiger partial charge in [0, 0.05) is 6.61 Å². The molecule has 158 valence electrons. The maximum Gasteiger partial charge on any atom is 0.244 e. The molecule has 1 saturated heterocycles. The summed E-state index contributed by atoms with van der Waals surface area (Å²) >= 11 is 1.16. The van der Waals surface area contributed by atoms with Crippen LogP contribution in [0.3, 0.4) is 0 Å². The van der Waals surface area contributed by atoms with Gasteiger partial charge in [0.05, 0.1) is 23.1 Å². The van der Waals surface area contributed by atoms with Gasteiger partial charge in [0.2, 0.25) is 5.91 Å². The van der Waals surface area contributed by atoms with E-state index < -0.39 is 27.3 Å². The second kappa shape index (κ2) is 8.79. The van der Waals surface area contributed by atoms with Gasteiger partial charge in [-0.25, -0.2) is 17.8 Å². The van der Waals surface area contributed by atoms with E-state index in [1.165, 1.54) is 11.0 Å². The summed E-state index contributed by atoms with van der Waals surface area (Å²) in [7, 11) is -3.69. The Bertz CT molecular complexity index is 1140. The molecule has 0 saturated carbocycles. The standard InChI is InChI=1S/C21H21FN2O4S2/c22-17-9-4-10-18-20(17)23-21(29-18)24(12-16-8-5-11-28-16)19(25)14-30(26,27)13-15-6-2-1-3-7-15/h1-4,6-7,9-10,16H,5,8,11-14H2/t16-/m0/s1. The Balaban J connectivity index is 1.59. The van der Waals surface area contributed by atoms with Crippen LogP contribution >= 0.6 is 11.3 Å². The SMILES string of the molecule is O=C(CS(=O)(=O)Cc1ccccc1)N(C[C@@H]1CCCO1)c1nc2c(F)cccc2s1. The summed E-state index contributed by atoms with van der Waals surface area (Å²) in [5, 5.41) is 0.283. The minimum Gasteiger partial charge on any atom is -0.376 e. The normalized spacial score (nSPS) is 16.8. The van der Waals surface area contributed by atoms with E-state index in [0.717, 1.165) is 24.2 Å². The van der Waals surface area contributed by atoms with Gasteiger partial charge < -0.3 is 4.74 Å². The molecule has 0 N–H and O–H groups in total. The van der Waals surface area contributed by atoms with Gasteiger partial charge in [-0.15, -0.1) is 0 Å². The van der Waals surface area contributed by atoms with Crippen molar-refractivity contribution in [3.8, 4) is 0 Å². The minimum absolute atomic E-state index is 0.176. The van der Waals surface area contributed by atoms with Crippen molar-refractivity contribution in [2.24, 2.45) is 0 Å². The Morgan fingerprint density at radius 2 is 2.00 bits per heavy atom. The predicted octanol–water partition coefficient (Wildman–Crippen LogP) is 3.56. The number of halogens is 1. The number of hydrogen-bond donors (Lipinski definition) is 0. The lowest BCUT2D eigenvalue weighted by Gasteiger charge is -2.23. The molecule has 0 unspecified atom stereocenters. The summed E-state index contributed by atoms with van der Waals surface area (Å²) in [5.74, 6) is -1.92. The number of carbonyl (C=O) groups is 1. The number of fused-ring (bicyclic) bond motifs is 1. The highest BCUT2D eigenvalue weighted by molar-refractivity contribution is 7.91. The number of ether oxygens (including phenoxy) is 1. The molecule has 0 bridgehead atoms. The van der Waals surface area contributed by atoms with Crippen LogP contribution in [0, 0.1) is 5.82 Å². The van der Waals surface area contributed by atoms with E-state index in [-0.39, 0.29) is 29.0 Å². The van der Waals surface area contributed by atoms with Crippen molar-refractivity contribution in [3.05, 3.63) is 59.9 Å². The Morgan fingerprint density at radius 3 is 2.70 bits per heavy atom. The largest absolute Gasteiger partial charge is 0.376 e. The second-order valence-corrected chi connectivity index (χ2v) is 10.3. The number of sulfone groups is 1. The first-order valence-corrected chi connectivity index (χ1v) is 12.3. The van der Waals surface area contributed by atoms with Gasteiger partial charge in [-0.2, -0.15) is 0 Å². The molecular weight excluding hydrogens is 427 g/mol. The minimum atomic E-state index is -3.69. The smallest absolute Gasteiger partial charge is 0.244 e. The highest BCUT2D eigenvalue weighted by atomic mass is 32.2. The van der Waals surface area contributed by atoms with E-state index in [9.17, 15) is 17.6 Å².